The third-order valence-corrected chi connectivity index (χ3v) is 5.24. The number of aliphatic hydroxyl groups excluding tert-OH is 1. The second-order valence-electron chi connectivity index (χ2n) is 6.47. The van der Waals surface area contributed by atoms with Gasteiger partial charge in [-0.15, -0.1) is 0 Å². The Bertz CT molecular complexity index is 1040. The number of nitrogens with zero attached hydrogens (tertiary/aromatic N) is 1. The Balaban J connectivity index is 2.02. The van der Waals surface area contributed by atoms with Gasteiger partial charge in [-0.25, -0.2) is 9.79 Å². The zero-order valence-electron chi connectivity index (χ0n) is 17.0. The Morgan fingerprint density at radius 3 is 2.50 bits per heavy atom. The maximum Gasteiger partial charge on any atom is 0.344 e. The normalized spacial score (nSPS) is 16.4. The summed E-state index contributed by atoms with van der Waals surface area (Å²) in [5.41, 5.74) is 2.50. The average Bonchev–Trinajstić information content (AvgIpc) is 3.01. The number of carbonyl (C=O) groups is 1. The molecule has 0 spiro atoms. The Hall–Kier alpha value is -3.19. The lowest BCUT2D eigenvalue weighted by Crippen LogP contribution is -2.12. The molecule has 1 heterocycles. The molecular weight excluding hydrogens is 402 g/mol. The fourth-order valence-electron chi connectivity index (χ4n) is 2.77. The minimum Gasteiger partial charge on any atom is -0.506 e. The predicted octanol–water partition coefficient (Wildman–Crippen LogP) is 5.29. The van der Waals surface area contributed by atoms with Crippen LogP contribution in [0.2, 0.25) is 0 Å². The molecule has 3 rings (SSSR count). The summed E-state index contributed by atoms with van der Waals surface area (Å²) in [5, 5.41) is 21.0. The fraction of sp³-hybridized carbons (Fsp3) is 0.217. The number of benzene rings is 2. The first-order valence-corrected chi connectivity index (χ1v) is 10.4. The molecule has 0 fully saturated rings. The van der Waals surface area contributed by atoms with Crippen LogP contribution in [0.4, 0.5) is 5.69 Å². The third-order valence-electron chi connectivity index (χ3n) is 4.22. The molecule has 1 aliphatic rings. The van der Waals surface area contributed by atoms with Crippen molar-refractivity contribution in [2.24, 2.45) is 4.99 Å². The van der Waals surface area contributed by atoms with Crippen molar-refractivity contribution in [1.82, 2.24) is 0 Å². The zero-order chi connectivity index (χ0) is 21.7. The van der Waals surface area contributed by atoms with E-state index in [1.54, 1.807) is 25.1 Å². The molecule has 0 saturated carbocycles. The first-order chi connectivity index (χ1) is 14.4. The van der Waals surface area contributed by atoms with Crippen LogP contribution in [0.1, 0.15) is 25.0 Å². The highest BCUT2D eigenvalue weighted by atomic mass is 32.2. The second-order valence-corrected chi connectivity index (χ2v) is 7.50. The van der Waals surface area contributed by atoms with Gasteiger partial charge in [0.1, 0.15) is 16.4 Å². The number of aliphatic hydroxyl groups is 1. The lowest BCUT2D eigenvalue weighted by molar-refractivity contribution is -0.138. The van der Waals surface area contributed by atoms with Gasteiger partial charge in [0.05, 0.1) is 23.8 Å². The van der Waals surface area contributed by atoms with Gasteiger partial charge >= 0.3 is 5.97 Å². The molecule has 156 valence electrons. The van der Waals surface area contributed by atoms with Crippen LogP contribution in [-0.2, 0) is 9.53 Å². The number of aryl methyl sites for hydroxylation is 1. The molecule has 2 aromatic carbocycles. The van der Waals surface area contributed by atoms with Crippen LogP contribution in [0.15, 0.2) is 63.7 Å². The van der Waals surface area contributed by atoms with Crippen LogP contribution < -0.4 is 4.74 Å². The average molecular weight is 426 g/mol. The van der Waals surface area contributed by atoms with Crippen LogP contribution >= 0.6 is 11.8 Å². The predicted molar refractivity (Wildman–Crippen MR) is 119 cm³/mol. The summed E-state index contributed by atoms with van der Waals surface area (Å²) in [6.45, 7) is 6.11. The number of aromatic hydroxyl groups is 1. The number of aliphatic imine (C=N–C) groups is 1. The van der Waals surface area contributed by atoms with Crippen LogP contribution in [0.25, 0.3) is 6.08 Å². The highest BCUT2D eigenvalue weighted by Gasteiger charge is 2.33. The van der Waals surface area contributed by atoms with Crippen LogP contribution in [0.5, 0.6) is 11.5 Å². The number of hydrogen-bond donors (Lipinski definition) is 2. The zero-order valence-corrected chi connectivity index (χ0v) is 17.8. The van der Waals surface area contributed by atoms with E-state index in [0.717, 1.165) is 5.56 Å². The van der Waals surface area contributed by atoms with E-state index in [1.807, 2.05) is 38.1 Å². The van der Waals surface area contributed by atoms with Gasteiger partial charge in [-0.1, -0.05) is 35.5 Å². The molecule has 0 unspecified atom stereocenters. The number of phenolic OH excluding ortho intramolecular Hbond substituents is 1. The molecule has 0 atom stereocenters. The van der Waals surface area contributed by atoms with Crippen molar-refractivity contribution in [1.29, 1.82) is 0 Å². The highest BCUT2D eigenvalue weighted by molar-refractivity contribution is 8.18. The van der Waals surface area contributed by atoms with E-state index in [9.17, 15) is 15.0 Å². The van der Waals surface area contributed by atoms with E-state index in [2.05, 4.69) is 4.99 Å². The van der Waals surface area contributed by atoms with Crippen molar-refractivity contribution < 1.29 is 24.5 Å². The molecule has 0 saturated heterocycles. The highest BCUT2D eigenvalue weighted by Crippen LogP contribution is 2.41. The molecule has 0 radical (unpaired) electrons. The molecular formula is C23H23NO5S. The van der Waals surface area contributed by atoms with E-state index in [0.29, 0.717) is 33.6 Å². The topological polar surface area (TPSA) is 88.4 Å². The Kier molecular flexibility index (Phi) is 6.84. The summed E-state index contributed by atoms with van der Waals surface area (Å²) in [7, 11) is 0. The number of esters is 1. The van der Waals surface area contributed by atoms with E-state index in [1.165, 1.54) is 17.8 Å². The molecule has 1 aliphatic heterocycles. The van der Waals surface area contributed by atoms with Gasteiger partial charge in [0.25, 0.3) is 0 Å². The molecule has 0 aromatic heterocycles. The number of thioether (sulfide) groups is 1. The summed E-state index contributed by atoms with van der Waals surface area (Å²) in [4.78, 5) is 17.5. The van der Waals surface area contributed by atoms with Crippen LogP contribution in [0, 0.1) is 6.92 Å². The maximum absolute atomic E-state index is 12.5. The van der Waals surface area contributed by atoms with Gasteiger partial charge in [0.2, 0.25) is 0 Å². The van der Waals surface area contributed by atoms with E-state index < -0.39 is 5.97 Å². The minimum absolute atomic E-state index is 0.0340. The third kappa shape index (κ3) is 4.86. The number of ether oxygens (including phenoxy) is 2. The van der Waals surface area contributed by atoms with Crippen molar-refractivity contribution in [3.05, 3.63) is 69.8 Å². The van der Waals surface area contributed by atoms with Gasteiger partial charge in [0.15, 0.2) is 11.5 Å². The summed E-state index contributed by atoms with van der Waals surface area (Å²) >= 11 is 1.18. The van der Waals surface area contributed by atoms with Crippen LogP contribution in [0.3, 0.4) is 0 Å². The van der Waals surface area contributed by atoms with E-state index in [4.69, 9.17) is 9.47 Å². The van der Waals surface area contributed by atoms with Gasteiger partial charge in [-0.05, 0) is 56.7 Å². The molecule has 2 N–H and O–H groups in total. The first-order valence-electron chi connectivity index (χ1n) is 9.54. The van der Waals surface area contributed by atoms with Crippen molar-refractivity contribution in [3.8, 4) is 11.5 Å². The van der Waals surface area contributed by atoms with E-state index in [-0.39, 0.29) is 23.7 Å². The first kappa shape index (κ1) is 21.5. The van der Waals surface area contributed by atoms with E-state index >= 15 is 0 Å². The SMILES string of the molecule is CCOC(=O)C1=C(O)/C(=C\c2ccc(O)c(OCC)c2)SC1=Nc1ccc(C)cc1. The molecule has 7 heteroatoms. The van der Waals surface area contributed by atoms with Crippen LogP contribution in [-0.4, -0.2) is 34.4 Å². The molecule has 2 aromatic rings. The number of carbonyl (C=O) groups excluding carboxylic acids is 1. The molecule has 30 heavy (non-hydrogen) atoms. The lowest BCUT2D eigenvalue weighted by atomic mass is 10.1. The number of hydrogen-bond acceptors (Lipinski definition) is 7. The number of phenols is 1. The smallest absolute Gasteiger partial charge is 0.344 e. The summed E-state index contributed by atoms with van der Waals surface area (Å²) in [5.74, 6) is -0.433. The minimum atomic E-state index is -0.627. The maximum atomic E-state index is 12.5. The van der Waals surface area contributed by atoms with Crippen molar-refractivity contribution >= 4 is 34.5 Å². The van der Waals surface area contributed by atoms with Gasteiger partial charge in [-0.2, -0.15) is 0 Å². The van der Waals surface area contributed by atoms with Gasteiger partial charge in [0, 0.05) is 0 Å². The van der Waals surface area contributed by atoms with Gasteiger partial charge in [-0.3, -0.25) is 0 Å². The molecule has 6 nitrogen and oxygen atoms in total. The largest absolute Gasteiger partial charge is 0.506 e. The summed E-state index contributed by atoms with van der Waals surface area (Å²) in [6, 6.07) is 12.4. The molecule has 0 aliphatic carbocycles. The second kappa shape index (κ2) is 9.54. The Morgan fingerprint density at radius 1 is 1.10 bits per heavy atom. The fourth-order valence-corrected chi connectivity index (χ4v) is 3.81. The van der Waals surface area contributed by atoms with Gasteiger partial charge < -0.3 is 19.7 Å². The van der Waals surface area contributed by atoms with Crippen molar-refractivity contribution in [2.75, 3.05) is 13.2 Å². The van der Waals surface area contributed by atoms with Crippen molar-refractivity contribution in [2.45, 2.75) is 20.8 Å². The number of rotatable bonds is 6. The monoisotopic (exact) mass is 425 g/mol. The van der Waals surface area contributed by atoms with Crippen molar-refractivity contribution in [3.63, 3.8) is 0 Å². The Morgan fingerprint density at radius 2 is 1.83 bits per heavy atom. The summed E-state index contributed by atoms with van der Waals surface area (Å²) < 4.78 is 10.5. The molecule has 0 bridgehead atoms. The Labute approximate surface area is 179 Å². The summed E-state index contributed by atoms with van der Waals surface area (Å²) in [6.07, 6.45) is 1.71. The molecule has 0 amide bonds. The quantitative estimate of drug-likeness (QED) is 0.611. The lowest BCUT2D eigenvalue weighted by Gasteiger charge is -2.07. The standard InChI is InChI=1S/C23H23NO5S/c1-4-28-18-12-15(8-11-17(18)25)13-19-21(26)20(23(27)29-5-2)22(30-19)24-16-9-6-14(3)7-10-16/h6-13,25-26H,4-5H2,1-3H3/b19-13+,24-22?.